The highest BCUT2D eigenvalue weighted by Gasteiger charge is 2.31. The van der Waals surface area contributed by atoms with Gasteiger partial charge in [0.05, 0.1) is 16.3 Å². The monoisotopic (exact) mass is 485 g/mol. The number of aromatic nitrogens is 1. The van der Waals surface area contributed by atoms with Gasteiger partial charge in [0.1, 0.15) is 0 Å². The van der Waals surface area contributed by atoms with Crippen molar-refractivity contribution in [1.82, 2.24) is 9.47 Å². The number of benzene rings is 1. The molecule has 1 fully saturated rings. The maximum absolute atomic E-state index is 12.9. The number of rotatable bonds is 6. The van der Waals surface area contributed by atoms with Gasteiger partial charge in [-0.1, -0.05) is 18.0 Å². The van der Waals surface area contributed by atoms with Gasteiger partial charge in [0.2, 0.25) is 0 Å². The number of hydrogen-bond donors (Lipinski definition) is 1. The van der Waals surface area contributed by atoms with Gasteiger partial charge >= 0.3 is 6.18 Å². The smallest absolute Gasteiger partial charge is 0.385 e. The lowest BCUT2D eigenvalue weighted by Crippen LogP contribution is -2.31. The number of nitrogens with one attached hydrogen (secondary N) is 1. The van der Waals surface area contributed by atoms with Gasteiger partial charge in [0, 0.05) is 24.5 Å². The highest BCUT2D eigenvalue weighted by Crippen LogP contribution is 2.30. The zero-order chi connectivity index (χ0) is 20.1. The van der Waals surface area contributed by atoms with Gasteiger partial charge in [-0.25, -0.2) is 0 Å². The molecule has 0 aliphatic carbocycles. The Labute approximate surface area is 191 Å². The molecule has 30 heavy (non-hydrogen) atoms. The summed E-state index contributed by atoms with van der Waals surface area (Å²) in [5.74, 6) is 0. The first-order chi connectivity index (χ1) is 13.3. The zero-order valence-electron chi connectivity index (χ0n) is 16.3. The predicted octanol–water partition coefficient (Wildman–Crippen LogP) is 5.64. The van der Waals surface area contributed by atoms with E-state index in [9.17, 15) is 18.0 Å². The van der Waals surface area contributed by atoms with Gasteiger partial charge in [0.25, 0.3) is 5.56 Å². The average molecular weight is 487 g/mol. The van der Waals surface area contributed by atoms with Crippen LogP contribution in [-0.2, 0) is 6.18 Å². The van der Waals surface area contributed by atoms with E-state index in [1.165, 1.54) is 19.3 Å². The summed E-state index contributed by atoms with van der Waals surface area (Å²) in [7, 11) is 0. The Morgan fingerprint density at radius 3 is 2.37 bits per heavy atom. The number of likely N-dealkylation sites (tertiary alicyclic amines) is 1. The lowest BCUT2D eigenvalue weighted by molar-refractivity contribution is -0.138. The van der Waals surface area contributed by atoms with Gasteiger partial charge in [-0.3, -0.25) is 9.36 Å². The highest BCUT2D eigenvalue weighted by molar-refractivity contribution is 6.32. The molecule has 3 rings (SSSR count). The predicted molar refractivity (Wildman–Crippen MR) is 120 cm³/mol. The summed E-state index contributed by atoms with van der Waals surface area (Å²) in [5, 5.41) is 3.49. The molecule has 0 atom stereocenters. The van der Waals surface area contributed by atoms with Crippen molar-refractivity contribution in [2.75, 3.05) is 31.5 Å². The summed E-state index contributed by atoms with van der Waals surface area (Å²) in [6.07, 6.45) is 1.08. The quantitative estimate of drug-likeness (QED) is 0.537. The van der Waals surface area contributed by atoms with E-state index in [4.69, 9.17) is 11.6 Å². The summed E-state index contributed by atoms with van der Waals surface area (Å²) in [5.41, 5.74) is -0.482. The Hall–Kier alpha value is -1.41. The van der Waals surface area contributed by atoms with E-state index in [-0.39, 0.29) is 35.5 Å². The van der Waals surface area contributed by atoms with Crippen LogP contribution in [-0.4, -0.2) is 35.6 Å². The molecule has 1 aliphatic heterocycles. The lowest BCUT2D eigenvalue weighted by Gasteiger charge is -2.26. The second-order valence-electron chi connectivity index (χ2n) is 6.97. The minimum atomic E-state index is -4.53. The van der Waals surface area contributed by atoms with Crippen molar-refractivity contribution >= 4 is 42.1 Å². The molecular formula is C20H25Cl3F3N3O. The molecule has 168 valence electrons. The molecule has 1 aliphatic rings. The molecule has 1 aromatic heterocycles. The van der Waals surface area contributed by atoms with Crippen molar-refractivity contribution in [3.63, 3.8) is 0 Å². The summed E-state index contributed by atoms with van der Waals surface area (Å²) in [6.45, 7) is 4.13. The number of piperidine rings is 1. The molecule has 0 spiro atoms. The summed E-state index contributed by atoms with van der Waals surface area (Å²) in [4.78, 5) is 14.5. The number of alkyl halides is 3. The lowest BCUT2D eigenvalue weighted by atomic mass is 10.1. The molecule has 0 bridgehead atoms. The van der Waals surface area contributed by atoms with E-state index >= 15 is 0 Å². The van der Waals surface area contributed by atoms with Gasteiger partial charge in [-0.2, -0.15) is 13.2 Å². The molecule has 0 unspecified atom stereocenters. The Morgan fingerprint density at radius 2 is 1.73 bits per heavy atom. The highest BCUT2D eigenvalue weighted by atomic mass is 35.5. The third-order valence-corrected chi connectivity index (χ3v) is 5.18. The van der Waals surface area contributed by atoms with Crippen LogP contribution in [0.1, 0.15) is 31.2 Å². The maximum Gasteiger partial charge on any atom is 0.417 e. The maximum atomic E-state index is 12.9. The van der Waals surface area contributed by atoms with E-state index in [0.29, 0.717) is 0 Å². The number of nitrogens with zero attached hydrogens (tertiary/aromatic N) is 2. The van der Waals surface area contributed by atoms with E-state index in [2.05, 4.69) is 10.2 Å². The molecule has 1 aromatic carbocycles. The number of hydrogen-bond acceptors (Lipinski definition) is 3. The van der Waals surface area contributed by atoms with Crippen LogP contribution in [0.4, 0.5) is 18.9 Å². The molecule has 1 N–H and O–H groups in total. The molecule has 0 saturated carbocycles. The van der Waals surface area contributed by atoms with Crippen molar-refractivity contribution in [1.29, 1.82) is 0 Å². The Morgan fingerprint density at radius 1 is 1.03 bits per heavy atom. The first-order valence-corrected chi connectivity index (χ1v) is 9.78. The number of halogens is 6. The molecule has 0 amide bonds. The first-order valence-electron chi connectivity index (χ1n) is 9.41. The van der Waals surface area contributed by atoms with E-state index in [1.54, 1.807) is 18.2 Å². The number of anilines is 1. The molecule has 4 nitrogen and oxygen atoms in total. The van der Waals surface area contributed by atoms with E-state index in [0.717, 1.165) is 61.2 Å². The second-order valence-corrected chi connectivity index (χ2v) is 7.38. The fourth-order valence-corrected chi connectivity index (χ4v) is 3.65. The van der Waals surface area contributed by atoms with Crippen molar-refractivity contribution in [2.24, 2.45) is 0 Å². The van der Waals surface area contributed by atoms with Gasteiger partial charge in [-0.05, 0) is 63.2 Å². The van der Waals surface area contributed by atoms with Gasteiger partial charge in [-0.15, -0.1) is 24.8 Å². The standard InChI is InChI=1S/C20H23ClF3N3O.2ClH/c21-17-13-16(25-9-4-12-26-10-2-1-3-11-26)6-7-18(17)27-14-15(20(22,23)24)5-8-19(27)28;;/h5-8,13-14,25H,1-4,9-12H2;2*1H. The molecule has 2 heterocycles. The molecule has 1 saturated heterocycles. The van der Waals surface area contributed by atoms with Crippen LogP contribution in [0.3, 0.4) is 0 Å². The molecular weight excluding hydrogens is 462 g/mol. The van der Waals surface area contributed by atoms with Crippen LogP contribution in [0.5, 0.6) is 0 Å². The number of pyridine rings is 1. The average Bonchev–Trinajstić information content (AvgIpc) is 2.66. The van der Waals surface area contributed by atoms with Gasteiger partial charge in [0.15, 0.2) is 0 Å². The topological polar surface area (TPSA) is 37.3 Å². The zero-order valence-corrected chi connectivity index (χ0v) is 18.6. The minimum absolute atomic E-state index is 0. The van der Waals surface area contributed by atoms with E-state index in [1.807, 2.05) is 0 Å². The Kier molecular flexibility index (Phi) is 10.5. The summed E-state index contributed by atoms with van der Waals surface area (Å²) < 4.78 is 39.7. The van der Waals surface area contributed by atoms with Crippen LogP contribution in [0, 0.1) is 0 Å². The van der Waals surface area contributed by atoms with Crippen molar-refractivity contribution < 1.29 is 13.2 Å². The molecule has 2 aromatic rings. The second kappa shape index (κ2) is 11.8. The fourth-order valence-electron chi connectivity index (χ4n) is 3.37. The minimum Gasteiger partial charge on any atom is -0.385 e. The molecule has 0 radical (unpaired) electrons. The van der Waals surface area contributed by atoms with Crippen LogP contribution in [0.25, 0.3) is 5.69 Å². The van der Waals surface area contributed by atoms with Crippen LogP contribution >= 0.6 is 36.4 Å². The van der Waals surface area contributed by atoms with Crippen LogP contribution < -0.4 is 10.9 Å². The Balaban J connectivity index is 0.00000225. The SMILES string of the molecule is Cl.Cl.O=c1ccc(C(F)(F)F)cn1-c1ccc(NCCCN2CCCCC2)cc1Cl. The van der Waals surface area contributed by atoms with Crippen LogP contribution in [0.15, 0.2) is 41.3 Å². The van der Waals surface area contributed by atoms with Crippen LogP contribution in [0.2, 0.25) is 5.02 Å². The normalized spacial score (nSPS) is 14.5. The van der Waals surface area contributed by atoms with Crippen molar-refractivity contribution in [3.05, 3.63) is 57.5 Å². The summed E-state index contributed by atoms with van der Waals surface area (Å²) >= 11 is 6.25. The third kappa shape index (κ3) is 7.08. The summed E-state index contributed by atoms with van der Waals surface area (Å²) in [6, 6.07) is 6.56. The fraction of sp³-hybridized carbons (Fsp3) is 0.450. The van der Waals surface area contributed by atoms with Crippen molar-refractivity contribution in [2.45, 2.75) is 31.9 Å². The largest absolute Gasteiger partial charge is 0.417 e. The first kappa shape index (κ1) is 26.6. The third-order valence-electron chi connectivity index (χ3n) is 4.87. The van der Waals surface area contributed by atoms with Crippen molar-refractivity contribution in [3.8, 4) is 5.69 Å². The Bertz CT molecular complexity index is 868. The molecule has 10 heteroatoms. The van der Waals surface area contributed by atoms with Gasteiger partial charge < -0.3 is 10.2 Å². The van der Waals surface area contributed by atoms with E-state index < -0.39 is 17.3 Å².